The van der Waals surface area contributed by atoms with Crippen LogP contribution < -0.4 is 0 Å². The zero-order valence-electron chi connectivity index (χ0n) is 9.69. The summed E-state index contributed by atoms with van der Waals surface area (Å²) in [5.74, 6) is 0.212. The highest BCUT2D eigenvalue weighted by Crippen LogP contribution is 2.19. The molecule has 2 rings (SSSR count). The molecule has 6 heteroatoms. The fourth-order valence-electron chi connectivity index (χ4n) is 1.93. The van der Waals surface area contributed by atoms with Crippen LogP contribution in [0.4, 0.5) is 0 Å². The van der Waals surface area contributed by atoms with E-state index >= 15 is 0 Å². The Kier molecular flexibility index (Phi) is 3.70. The van der Waals surface area contributed by atoms with Gasteiger partial charge >= 0.3 is 0 Å². The Morgan fingerprint density at radius 1 is 1.47 bits per heavy atom. The van der Waals surface area contributed by atoms with Gasteiger partial charge in [0.05, 0.1) is 5.75 Å². The molecule has 94 valence electrons. The van der Waals surface area contributed by atoms with Gasteiger partial charge in [-0.1, -0.05) is 17.7 Å². The number of nitrogens with zero attached hydrogens (tertiary/aromatic N) is 2. The second-order valence-corrected chi connectivity index (χ2v) is 7.04. The molecule has 0 spiro atoms. The Hall–Kier alpha value is -0.650. The van der Waals surface area contributed by atoms with Crippen LogP contribution in [0.5, 0.6) is 0 Å². The fourth-order valence-corrected chi connectivity index (χ4v) is 2.69. The number of sulfone groups is 1. The van der Waals surface area contributed by atoms with Crippen molar-refractivity contribution >= 4 is 21.4 Å². The average Bonchev–Trinajstić information content (AvgIpc) is 2.25. The number of fused-ring (bicyclic) bond motifs is 1. The second-order valence-electron chi connectivity index (χ2n) is 4.40. The third-order valence-electron chi connectivity index (χ3n) is 2.87. The van der Waals surface area contributed by atoms with Crippen LogP contribution in [0.15, 0.2) is 12.1 Å². The van der Waals surface area contributed by atoms with Gasteiger partial charge in [0.1, 0.15) is 15.0 Å². The summed E-state index contributed by atoms with van der Waals surface area (Å²) in [6.07, 6.45) is 2.10. The Bertz CT molecular complexity index is 516. The molecule has 0 saturated carbocycles. The van der Waals surface area contributed by atoms with Gasteiger partial charge < -0.3 is 0 Å². The van der Waals surface area contributed by atoms with Crippen LogP contribution in [0.3, 0.4) is 0 Å². The fraction of sp³-hybridized carbons (Fsp3) is 0.545. The van der Waals surface area contributed by atoms with Crippen LogP contribution in [0.2, 0.25) is 5.15 Å². The van der Waals surface area contributed by atoms with E-state index in [-0.39, 0.29) is 5.75 Å². The number of aromatic nitrogens is 1. The minimum Gasteiger partial charge on any atom is -0.298 e. The molecular weight excluding hydrogens is 260 g/mol. The standard InChI is InChI=1S/C11H15ClN2O2S/c1-17(15,16)7-6-14-5-4-10-9(8-14)2-3-11(12)13-10/h2-3H,4-8H2,1H3. The average molecular weight is 275 g/mol. The molecule has 4 nitrogen and oxygen atoms in total. The first-order chi connectivity index (χ1) is 7.94. The van der Waals surface area contributed by atoms with Crippen LogP contribution >= 0.6 is 11.6 Å². The first kappa shape index (κ1) is 12.8. The van der Waals surface area contributed by atoms with Gasteiger partial charge in [0.2, 0.25) is 0 Å². The molecule has 0 amide bonds. The number of hydrogen-bond acceptors (Lipinski definition) is 4. The highest BCUT2D eigenvalue weighted by Gasteiger charge is 2.18. The topological polar surface area (TPSA) is 50.3 Å². The zero-order valence-corrected chi connectivity index (χ0v) is 11.3. The van der Waals surface area contributed by atoms with Crippen molar-refractivity contribution in [3.8, 4) is 0 Å². The monoisotopic (exact) mass is 274 g/mol. The van der Waals surface area contributed by atoms with Gasteiger partial charge in [0.15, 0.2) is 0 Å². The molecular formula is C11H15ClN2O2S. The molecule has 0 unspecified atom stereocenters. The van der Waals surface area contributed by atoms with Gasteiger partial charge in [-0.2, -0.15) is 0 Å². The largest absolute Gasteiger partial charge is 0.298 e. The lowest BCUT2D eigenvalue weighted by Gasteiger charge is -2.27. The molecule has 0 atom stereocenters. The van der Waals surface area contributed by atoms with E-state index in [2.05, 4.69) is 9.88 Å². The van der Waals surface area contributed by atoms with Gasteiger partial charge in [0, 0.05) is 38.0 Å². The summed E-state index contributed by atoms with van der Waals surface area (Å²) in [6.45, 7) is 2.19. The smallest absolute Gasteiger partial charge is 0.148 e. The van der Waals surface area contributed by atoms with Crippen molar-refractivity contribution in [3.63, 3.8) is 0 Å². The minimum absolute atomic E-state index is 0.212. The molecule has 17 heavy (non-hydrogen) atoms. The van der Waals surface area contributed by atoms with E-state index < -0.39 is 9.84 Å². The third-order valence-corrected chi connectivity index (χ3v) is 4.01. The van der Waals surface area contributed by atoms with Crippen molar-refractivity contribution in [1.29, 1.82) is 0 Å². The molecule has 1 aromatic rings. The summed E-state index contributed by atoms with van der Waals surface area (Å²) < 4.78 is 22.2. The van der Waals surface area contributed by atoms with E-state index in [4.69, 9.17) is 11.6 Å². The molecule has 0 bridgehead atoms. The molecule has 0 saturated heterocycles. The maximum atomic E-state index is 11.1. The van der Waals surface area contributed by atoms with Crippen molar-refractivity contribution in [2.75, 3.05) is 25.1 Å². The summed E-state index contributed by atoms with van der Waals surface area (Å²) in [6, 6.07) is 3.75. The lowest BCUT2D eigenvalue weighted by atomic mass is 10.1. The number of pyridine rings is 1. The molecule has 0 radical (unpaired) electrons. The summed E-state index contributed by atoms with van der Waals surface area (Å²) in [5.41, 5.74) is 2.18. The number of rotatable bonds is 3. The van der Waals surface area contributed by atoms with Crippen LogP contribution in [-0.4, -0.2) is 43.4 Å². The van der Waals surface area contributed by atoms with Crippen LogP contribution in [-0.2, 0) is 22.8 Å². The molecule has 1 aliphatic rings. The van der Waals surface area contributed by atoms with E-state index in [9.17, 15) is 8.42 Å². The molecule has 0 aromatic carbocycles. The van der Waals surface area contributed by atoms with Gasteiger partial charge in [-0.3, -0.25) is 4.90 Å². The van der Waals surface area contributed by atoms with Gasteiger partial charge in [0.25, 0.3) is 0 Å². The maximum absolute atomic E-state index is 11.1. The molecule has 0 aliphatic carbocycles. The molecule has 0 N–H and O–H groups in total. The Morgan fingerprint density at radius 2 is 2.24 bits per heavy atom. The summed E-state index contributed by atoms with van der Waals surface area (Å²) in [4.78, 5) is 6.42. The summed E-state index contributed by atoms with van der Waals surface area (Å²) in [7, 11) is -2.89. The van der Waals surface area contributed by atoms with Crippen LogP contribution in [0, 0.1) is 0 Å². The molecule has 0 fully saturated rings. The Morgan fingerprint density at radius 3 is 2.94 bits per heavy atom. The lowest BCUT2D eigenvalue weighted by Crippen LogP contribution is -2.34. The van der Waals surface area contributed by atoms with E-state index in [1.165, 1.54) is 6.26 Å². The predicted octanol–water partition coefficient (Wildman–Crippen LogP) is 1.14. The highest BCUT2D eigenvalue weighted by atomic mass is 35.5. The van der Waals surface area contributed by atoms with E-state index in [1.54, 1.807) is 6.07 Å². The van der Waals surface area contributed by atoms with Gasteiger partial charge in [-0.15, -0.1) is 0 Å². The third kappa shape index (κ3) is 3.66. The first-order valence-corrected chi connectivity index (χ1v) is 7.92. The van der Waals surface area contributed by atoms with Crippen molar-refractivity contribution < 1.29 is 8.42 Å². The Labute approximate surface area is 107 Å². The van der Waals surface area contributed by atoms with Gasteiger partial charge in [-0.25, -0.2) is 13.4 Å². The normalized spacial score (nSPS) is 16.8. The molecule has 1 aliphatic heterocycles. The van der Waals surface area contributed by atoms with E-state index in [0.717, 1.165) is 30.8 Å². The minimum atomic E-state index is -2.89. The van der Waals surface area contributed by atoms with Gasteiger partial charge in [-0.05, 0) is 11.6 Å². The number of halogens is 1. The quantitative estimate of drug-likeness (QED) is 0.776. The zero-order chi connectivity index (χ0) is 12.5. The van der Waals surface area contributed by atoms with Crippen LogP contribution in [0.1, 0.15) is 11.3 Å². The summed E-state index contributed by atoms with van der Waals surface area (Å²) in [5, 5.41) is 0.522. The molecule has 1 aromatic heterocycles. The Balaban J connectivity index is 2.01. The second kappa shape index (κ2) is 4.92. The predicted molar refractivity (Wildman–Crippen MR) is 67.9 cm³/mol. The maximum Gasteiger partial charge on any atom is 0.148 e. The van der Waals surface area contributed by atoms with Crippen molar-refractivity contribution in [3.05, 3.63) is 28.5 Å². The number of hydrogen-bond donors (Lipinski definition) is 0. The molecule has 2 heterocycles. The van der Waals surface area contributed by atoms with Crippen LogP contribution in [0.25, 0.3) is 0 Å². The lowest BCUT2D eigenvalue weighted by molar-refractivity contribution is 0.266. The van der Waals surface area contributed by atoms with E-state index in [1.807, 2.05) is 6.07 Å². The van der Waals surface area contributed by atoms with Crippen molar-refractivity contribution in [1.82, 2.24) is 9.88 Å². The highest BCUT2D eigenvalue weighted by molar-refractivity contribution is 7.90. The first-order valence-electron chi connectivity index (χ1n) is 5.48. The summed E-state index contributed by atoms with van der Waals surface area (Å²) >= 11 is 5.83. The van der Waals surface area contributed by atoms with Crippen molar-refractivity contribution in [2.24, 2.45) is 0 Å². The SMILES string of the molecule is CS(=O)(=O)CCN1CCc2nc(Cl)ccc2C1. The van der Waals surface area contributed by atoms with Crippen molar-refractivity contribution in [2.45, 2.75) is 13.0 Å². The van der Waals surface area contributed by atoms with E-state index in [0.29, 0.717) is 11.7 Å².